The Morgan fingerprint density at radius 1 is 1.91 bits per heavy atom. The molecule has 3 N–H and O–H groups in total. The first-order valence-electron chi connectivity index (χ1n) is 4.01. The summed E-state index contributed by atoms with van der Waals surface area (Å²) in [6, 6.07) is -0.819. The molecule has 0 radical (unpaired) electrons. The zero-order valence-electron chi connectivity index (χ0n) is 7.83. The van der Waals surface area contributed by atoms with Crippen LogP contribution in [0.25, 0.3) is 0 Å². The van der Waals surface area contributed by atoms with Crippen molar-refractivity contribution in [1.82, 2.24) is 0 Å². The smallest absolute Gasteiger partial charge is 0.321 e. The average molecular weight is 178 g/mol. The molecule has 0 aliphatic rings. The van der Waals surface area contributed by atoms with Crippen molar-refractivity contribution in [2.75, 3.05) is 5.75 Å². The maximum atomic E-state index is 10.3. The maximum Gasteiger partial charge on any atom is 0.321 e. The van der Waals surface area contributed by atoms with Crippen molar-refractivity contribution < 1.29 is 11.3 Å². The third kappa shape index (κ3) is 6.19. The summed E-state index contributed by atoms with van der Waals surface area (Å²) in [6.45, 7) is 4.07. The Hall–Kier alpha value is -0.220. The van der Waals surface area contributed by atoms with Gasteiger partial charge in [0.1, 0.15) is 6.04 Å². The predicted molar refractivity (Wildman–Crippen MR) is 47.8 cm³/mol. The molecule has 0 saturated heterocycles. The summed E-state index contributed by atoms with van der Waals surface area (Å²) in [6.07, 6.45) is 0. The second kappa shape index (κ2) is 3.97. The van der Waals surface area contributed by atoms with Crippen molar-refractivity contribution in [3.8, 4) is 0 Å². The standard InChI is InChI=1S/C7H15NO2S/c1-7(2,3)11-4-5(8)6(9)10/h5H,4,8H2,1-3H3,(H,9,10)/t5-/m0/s1/i1D. The molecule has 4 heteroatoms. The predicted octanol–water partition coefficient (Wildman–Crippen LogP) is 0.930. The lowest BCUT2D eigenvalue weighted by Crippen LogP contribution is -2.33. The van der Waals surface area contributed by atoms with Gasteiger partial charge in [-0.1, -0.05) is 20.7 Å². The second-order valence-electron chi connectivity index (χ2n) is 3.02. The molecule has 0 fully saturated rings. The van der Waals surface area contributed by atoms with Crippen molar-refractivity contribution in [3.63, 3.8) is 0 Å². The molecule has 1 atom stereocenters. The van der Waals surface area contributed by atoms with Crippen LogP contribution in [0.1, 0.15) is 22.1 Å². The van der Waals surface area contributed by atoms with E-state index in [1.165, 1.54) is 11.8 Å². The van der Waals surface area contributed by atoms with E-state index in [2.05, 4.69) is 0 Å². The number of carboxylic acids is 1. The SMILES string of the molecule is [2H]CC(C)(C)SC[C@H](N)C(=O)O. The molecule has 0 aromatic carbocycles. The van der Waals surface area contributed by atoms with Crippen LogP contribution in [-0.4, -0.2) is 27.6 Å². The van der Waals surface area contributed by atoms with Gasteiger partial charge in [0.2, 0.25) is 0 Å². The second-order valence-corrected chi connectivity index (χ2v) is 4.74. The lowest BCUT2D eigenvalue weighted by Gasteiger charge is -2.18. The lowest BCUT2D eigenvalue weighted by atomic mass is 10.3. The van der Waals surface area contributed by atoms with Gasteiger partial charge in [-0.25, -0.2) is 0 Å². The average Bonchev–Trinajstić information content (AvgIpc) is 2.00. The molecular formula is C7H15NO2S. The van der Waals surface area contributed by atoms with E-state index in [0.717, 1.165) is 0 Å². The Morgan fingerprint density at radius 3 is 2.82 bits per heavy atom. The fourth-order valence-electron chi connectivity index (χ4n) is 0.387. The van der Waals surface area contributed by atoms with Gasteiger partial charge in [0.15, 0.2) is 0 Å². The zero-order valence-corrected chi connectivity index (χ0v) is 7.65. The monoisotopic (exact) mass is 178 g/mol. The fraction of sp³-hybridized carbons (Fsp3) is 0.857. The highest BCUT2D eigenvalue weighted by molar-refractivity contribution is 8.00. The molecule has 3 nitrogen and oxygen atoms in total. The molecule has 0 saturated carbocycles. The number of nitrogens with two attached hydrogens (primary N) is 1. The fourth-order valence-corrected chi connectivity index (χ4v) is 1.16. The van der Waals surface area contributed by atoms with Gasteiger partial charge in [0.05, 0.1) is 0 Å². The van der Waals surface area contributed by atoms with Gasteiger partial charge in [-0.15, -0.1) is 0 Å². The molecule has 0 rings (SSSR count). The molecule has 0 unspecified atom stereocenters. The molecule has 0 aromatic heterocycles. The van der Waals surface area contributed by atoms with E-state index in [1.54, 1.807) is 0 Å². The third-order valence-corrected chi connectivity index (χ3v) is 2.28. The van der Waals surface area contributed by atoms with E-state index in [9.17, 15) is 4.79 Å². The Morgan fingerprint density at radius 2 is 2.45 bits per heavy atom. The molecule has 0 spiro atoms. The molecule has 0 aliphatic heterocycles. The van der Waals surface area contributed by atoms with E-state index in [4.69, 9.17) is 12.2 Å². The van der Waals surface area contributed by atoms with Crippen LogP contribution in [0.5, 0.6) is 0 Å². The third-order valence-electron chi connectivity index (χ3n) is 0.971. The summed E-state index contributed by atoms with van der Waals surface area (Å²) in [7, 11) is 0. The highest BCUT2D eigenvalue weighted by Gasteiger charge is 2.16. The van der Waals surface area contributed by atoms with Crippen LogP contribution in [-0.2, 0) is 4.79 Å². The van der Waals surface area contributed by atoms with Crippen LogP contribution < -0.4 is 5.73 Å². The quantitative estimate of drug-likeness (QED) is 0.675. The van der Waals surface area contributed by atoms with Crippen LogP contribution in [0, 0.1) is 0 Å². The van der Waals surface area contributed by atoms with Gasteiger partial charge in [-0.05, 0) is 0 Å². The highest BCUT2D eigenvalue weighted by Crippen LogP contribution is 2.23. The summed E-state index contributed by atoms with van der Waals surface area (Å²) < 4.78 is 6.95. The van der Waals surface area contributed by atoms with Crippen LogP contribution >= 0.6 is 11.8 Å². The number of hydrogen-bond acceptors (Lipinski definition) is 3. The largest absolute Gasteiger partial charge is 0.480 e. The summed E-state index contributed by atoms with van der Waals surface area (Å²) in [5.74, 6) is -0.621. The van der Waals surface area contributed by atoms with E-state index in [-0.39, 0.29) is 11.6 Å². The van der Waals surface area contributed by atoms with E-state index < -0.39 is 12.0 Å². The van der Waals surface area contributed by atoms with Gasteiger partial charge in [-0.2, -0.15) is 11.8 Å². The van der Waals surface area contributed by atoms with Crippen molar-refractivity contribution in [3.05, 3.63) is 0 Å². The van der Waals surface area contributed by atoms with Crippen LogP contribution in [0.15, 0.2) is 0 Å². The number of carboxylic acid groups (broad SMARTS) is 1. The van der Waals surface area contributed by atoms with E-state index in [0.29, 0.717) is 5.75 Å². The number of thioether (sulfide) groups is 1. The number of carbonyl (C=O) groups is 1. The first-order valence-corrected chi connectivity index (χ1v) is 4.29. The molecule has 11 heavy (non-hydrogen) atoms. The highest BCUT2D eigenvalue weighted by atomic mass is 32.2. The first-order chi connectivity index (χ1) is 5.39. The maximum absolute atomic E-state index is 10.3. The number of rotatable bonds is 3. The van der Waals surface area contributed by atoms with Gasteiger partial charge in [-0.3, -0.25) is 4.79 Å². The molecular weight excluding hydrogens is 162 g/mol. The Kier molecular flexibility index (Phi) is 3.20. The summed E-state index contributed by atoms with van der Waals surface area (Å²) in [5, 5.41) is 8.47. The molecule has 0 aromatic rings. The van der Waals surface area contributed by atoms with Crippen LogP contribution in [0.3, 0.4) is 0 Å². The van der Waals surface area contributed by atoms with Crippen LogP contribution in [0.4, 0.5) is 0 Å². The van der Waals surface area contributed by atoms with Gasteiger partial charge in [0, 0.05) is 11.9 Å². The topological polar surface area (TPSA) is 63.3 Å². The molecule has 0 heterocycles. The van der Waals surface area contributed by atoms with Crippen LogP contribution in [0.2, 0.25) is 0 Å². The Balaban J connectivity index is 3.75. The number of aliphatic carboxylic acids is 1. The minimum absolute atomic E-state index is 0.201. The number of hydrogen-bond donors (Lipinski definition) is 2. The molecule has 0 amide bonds. The lowest BCUT2D eigenvalue weighted by molar-refractivity contribution is -0.137. The minimum Gasteiger partial charge on any atom is -0.480 e. The summed E-state index contributed by atoms with van der Waals surface area (Å²) in [5.41, 5.74) is 5.30. The van der Waals surface area contributed by atoms with E-state index in [1.807, 2.05) is 13.8 Å². The summed E-state index contributed by atoms with van der Waals surface area (Å²) >= 11 is 1.42. The zero-order chi connectivity index (χ0) is 9.78. The van der Waals surface area contributed by atoms with Crippen molar-refractivity contribution in [2.45, 2.75) is 31.5 Å². The summed E-state index contributed by atoms with van der Waals surface area (Å²) in [4.78, 5) is 10.3. The van der Waals surface area contributed by atoms with Gasteiger partial charge >= 0.3 is 5.97 Å². The van der Waals surface area contributed by atoms with E-state index >= 15 is 0 Å². The van der Waals surface area contributed by atoms with Gasteiger partial charge in [0.25, 0.3) is 0 Å². The first kappa shape index (κ1) is 8.87. The minimum atomic E-state index is -0.983. The Labute approximate surface area is 72.8 Å². The molecule has 0 bridgehead atoms. The Bertz CT molecular complexity index is 163. The molecule has 0 aliphatic carbocycles. The van der Waals surface area contributed by atoms with Gasteiger partial charge < -0.3 is 10.8 Å². The van der Waals surface area contributed by atoms with Crippen molar-refractivity contribution >= 4 is 17.7 Å². The normalized spacial score (nSPS) is 15.7. The van der Waals surface area contributed by atoms with Crippen molar-refractivity contribution in [2.24, 2.45) is 5.73 Å². The van der Waals surface area contributed by atoms with Crippen molar-refractivity contribution in [1.29, 1.82) is 0 Å². The molecule has 66 valence electrons.